The smallest absolute Gasteiger partial charge is 0.123 e. The lowest BCUT2D eigenvalue weighted by Gasteiger charge is -2.09. The van der Waals surface area contributed by atoms with Gasteiger partial charge >= 0.3 is 0 Å². The molecule has 1 rings (SSSR count). The maximum absolute atomic E-state index is 5.95. The number of halogens is 1. The summed E-state index contributed by atoms with van der Waals surface area (Å²) in [4.78, 5) is 0. The third-order valence-electron chi connectivity index (χ3n) is 2.17. The van der Waals surface area contributed by atoms with Crippen molar-refractivity contribution in [3.63, 3.8) is 0 Å². The Morgan fingerprint density at radius 3 is 3.06 bits per heavy atom. The zero-order valence-corrected chi connectivity index (χ0v) is 11.4. The van der Waals surface area contributed by atoms with Gasteiger partial charge in [-0.1, -0.05) is 17.5 Å². The molecule has 0 spiro atoms. The van der Waals surface area contributed by atoms with Crippen LogP contribution in [0.3, 0.4) is 0 Å². The van der Waals surface area contributed by atoms with E-state index in [2.05, 4.69) is 11.2 Å². The van der Waals surface area contributed by atoms with Crippen LogP contribution >= 0.6 is 23.4 Å². The number of benzene rings is 1. The second-order valence-corrected chi connectivity index (χ2v) is 4.93. The van der Waals surface area contributed by atoms with Crippen molar-refractivity contribution in [3.05, 3.63) is 28.8 Å². The average Bonchev–Trinajstić information content (AvgIpc) is 2.34. The van der Waals surface area contributed by atoms with Gasteiger partial charge in [0, 0.05) is 29.4 Å². The Morgan fingerprint density at radius 2 is 2.35 bits per heavy atom. The molecule has 0 saturated carbocycles. The summed E-state index contributed by atoms with van der Waals surface area (Å²) in [5, 5.41) is 4.06. The molecule has 0 amide bonds. The number of hydrogen-bond acceptors (Lipinski definition) is 3. The highest BCUT2D eigenvalue weighted by Gasteiger charge is 2.02. The van der Waals surface area contributed by atoms with E-state index in [1.807, 2.05) is 18.2 Å². The van der Waals surface area contributed by atoms with E-state index in [1.54, 1.807) is 18.9 Å². The van der Waals surface area contributed by atoms with Crippen LogP contribution in [0.15, 0.2) is 18.2 Å². The predicted molar refractivity (Wildman–Crippen MR) is 75.9 cm³/mol. The van der Waals surface area contributed by atoms with Gasteiger partial charge in [0.1, 0.15) is 5.75 Å². The summed E-state index contributed by atoms with van der Waals surface area (Å²) < 4.78 is 5.27. The molecule has 0 aliphatic carbocycles. The van der Waals surface area contributed by atoms with Crippen LogP contribution in [0.5, 0.6) is 5.75 Å². The van der Waals surface area contributed by atoms with Crippen LogP contribution in [0.1, 0.15) is 5.56 Å². The van der Waals surface area contributed by atoms with Crippen molar-refractivity contribution in [2.24, 2.45) is 0 Å². The molecule has 0 saturated heterocycles. The highest BCUT2D eigenvalue weighted by Crippen LogP contribution is 2.22. The molecular weight excluding hydrogens is 254 g/mol. The second-order valence-electron chi connectivity index (χ2n) is 3.39. The lowest BCUT2D eigenvalue weighted by atomic mass is 10.2. The minimum atomic E-state index is 0.726. The number of rotatable bonds is 7. The molecule has 17 heavy (non-hydrogen) atoms. The highest BCUT2D eigenvalue weighted by molar-refractivity contribution is 7.99. The molecule has 2 nitrogen and oxygen atoms in total. The van der Waals surface area contributed by atoms with Gasteiger partial charge in [0.05, 0.1) is 12.9 Å². The van der Waals surface area contributed by atoms with E-state index in [-0.39, 0.29) is 0 Å². The Hall–Kier alpha value is -0.820. The van der Waals surface area contributed by atoms with Gasteiger partial charge in [-0.25, -0.2) is 0 Å². The summed E-state index contributed by atoms with van der Waals surface area (Å²) in [6, 6.07) is 5.63. The molecule has 0 bridgehead atoms. The predicted octanol–water partition coefficient (Wildman–Crippen LogP) is 2.80. The first-order valence-electron chi connectivity index (χ1n) is 5.32. The summed E-state index contributed by atoms with van der Waals surface area (Å²) in [6.45, 7) is 1.67. The van der Waals surface area contributed by atoms with Crippen molar-refractivity contribution in [1.82, 2.24) is 5.32 Å². The van der Waals surface area contributed by atoms with Gasteiger partial charge in [-0.05, 0) is 18.2 Å². The van der Waals surface area contributed by atoms with Crippen molar-refractivity contribution in [3.8, 4) is 18.1 Å². The van der Waals surface area contributed by atoms with Gasteiger partial charge in [-0.15, -0.1) is 18.2 Å². The summed E-state index contributed by atoms with van der Waals surface area (Å²) >= 11 is 7.69. The van der Waals surface area contributed by atoms with E-state index >= 15 is 0 Å². The highest BCUT2D eigenvalue weighted by atomic mass is 35.5. The molecule has 0 aliphatic rings. The third kappa shape index (κ3) is 5.36. The summed E-state index contributed by atoms with van der Waals surface area (Å²) in [7, 11) is 1.66. The molecule has 0 heterocycles. The minimum Gasteiger partial charge on any atom is -0.496 e. The van der Waals surface area contributed by atoms with E-state index in [1.165, 1.54) is 0 Å². The SMILES string of the molecule is C#CCSCCNCc1cc(Cl)ccc1OC. The maximum atomic E-state index is 5.95. The number of nitrogens with one attached hydrogen (secondary N) is 1. The first-order chi connectivity index (χ1) is 8.27. The second kappa shape index (κ2) is 8.30. The van der Waals surface area contributed by atoms with Gasteiger partial charge < -0.3 is 10.1 Å². The fourth-order valence-electron chi connectivity index (χ4n) is 1.38. The van der Waals surface area contributed by atoms with Crippen molar-refractivity contribution < 1.29 is 4.74 Å². The third-order valence-corrected chi connectivity index (χ3v) is 3.27. The Balaban J connectivity index is 2.35. The standard InChI is InChI=1S/C13H16ClNOS/c1-3-7-17-8-6-15-10-11-9-12(14)4-5-13(11)16-2/h1,4-5,9,15H,6-8,10H2,2H3. The molecule has 1 aromatic rings. The summed E-state index contributed by atoms with van der Waals surface area (Å²) in [5.74, 6) is 5.23. The quantitative estimate of drug-likeness (QED) is 0.608. The van der Waals surface area contributed by atoms with Crippen LogP contribution in [0.2, 0.25) is 5.02 Å². The number of hydrogen-bond donors (Lipinski definition) is 1. The zero-order chi connectivity index (χ0) is 12.5. The van der Waals surface area contributed by atoms with Crippen LogP contribution in [-0.4, -0.2) is 25.2 Å². The van der Waals surface area contributed by atoms with Crippen LogP contribution in [-0.2, 0) is 6.54 Å². The topological polar surface area (TPSA) is 21.3 Å². The Kier molecular flexibility index (Phi) is 6.95. The molecule has 0 atom stereocenters. The molecule has 0 fully saturated rings. The fourth-order valence-corrected chi connectivity index (χ4v) is 2.13. The molecule has 0 unspecified atom stereocenters. The van der Waals surface area contributed by atoms with Crippen molar-refractivity contribution >= 4 is 23.4 Å². The molecule has 0 aromatic heterocycles. The van der Waals surface area contributed by atoms with Crippen molar-refractivity contribution in [1.29, 1.82) is 0 Å². The van der Waals surface area contributed by atoms with Gasteiger partial charge in [-0.2, -0.15) is 0 Å². The minimum absolute atomic E-state index is 0.726. The van der Waals surface area contributed by atoms with Crippen LogP contribution in [0.4, 0.5) is 0 Å². The number of methoxy groups -OCH3 is 1. The summed E-state index contributed by atoms with van der Waals surface area (Å²) in [6.07, 6.45) is 5.17. The van der Waals surface area contributed by atoms with Crippen LogP contribution in [0, 0.1) is 12.3 Å². The monoisotopic (exact) mass is 269 g/mol. The molecule has 1 N–H and O–H groups in total. The molecule has 92 valence electrons. The fraction of sp³-hybridized carbons (Fsp3) is 0.385. The van der Waals surface area contributed by atoms with E-state index in [0.29, 0.717) is 0 Å². The largest absolute Gasteiger partial charge is 0.496 e. The van der Waals surface area contributed by atoms with E-state index in [9.17, 15) is 0 Å². The zero-order valence-electron chi connectivity index (χ0n) is 9.83. The van der Waals surface area contributed by atoms with Gasteiger partial charge in [0.25, 0.3) is 0 Å². The number of terminal acetylenes is 1. The molecule has 1 aromatic carbocycles. The van der Waals surface area contributed by atoms with Gasteiger partial charge in [0.15, 0.2) is 0 Å². The average molecular weight is 270 g/mol. The van der Waals surface area contributed by atoms with Crippen molar-refractivity contribution in [2.45, 2.75) is 6.54 Å². The maximum Gasteiger partial charge on any atom is 0.123 e. The number of ether oxygens (including phenoxy) is 1. The molecular formula is C13H16ClNOS. The normalized spacial score (nSPS) is 9.94. The molecule has 0 aliphatic heterocycles. The van der Waals surface area contributed by atoms with E-state index < -0.39 is 0 Å². The first kappa shape index (κ1) is 14.2. The lowest BCUT2D eigenvalue weighted by molar-refractivity contribution is 0.408. The molecule has 0 radical (unpaired) electrons. The van der Waals surface area contributed by atoms with E-state index in [4.69, 9.17) is 22.8 Å². The summed E-state index contributed by atoms with van der Waals surface area (Å²) in [5.41, 5.74) is 1.07. The van der Waals surface area contributed by atoms with E-state index in [0.717, 1.165) is 40.9 Å². The number of thioether (sulfide) groups is 1. The van der Waals surface area contributed by atoms with Gasteiger partial charge in [-0.3, -0.25) is 0 Å². The first-order valence-corrected chi connectivity index (χ1v) is 6.85. The van der Waals surface area contributed by atoms with Crippen molar-refractivity contribution in [2.75, 3.05) is 25.2 Å². The Labute approximate surface area is 112 Å². The lowest BCUT2D eigenvalue weighted by Crippen LogP contribution is -2.17. The Bertz CT molecular complexity index is 389. The molecule has 4 heteroatoms. The van der Waals surface area contributed by atoms with Crippen LogP contribution in [0.25, 0.3) is 0 Å². The van der Waals surface area contributed by atoms with Gasteiger partial charge in [0.2, 0.25) is 0 Å². The van der Waals surface area contributed by atoms with Crippen LogP contribution < -0.4 is 10.1 Å². The Morgan fingerprint density at radius 1 is 1.53 bits per heavy atom.